The number of fused-ring (bicyclic) bond motifs is 3. The molecule has 0 radical (unpaired) electrons. The van der Waals surface area contributed by atoms with Crippen LogP contribution in [0.5, 0.6) is 0 Å². The Morgan fingerprint density at radius 2 is 1.66 bits per heavy atom. The molecule has 2 aromatic carbocycles. The molecule has 152 valence electrons. The molecule has 5 heteroatoms. The highest BCUT2D eigenvalue weighted by atomic mass is 16.5. The van der Waals surface area contributed by atoms with Gasteiger partial charge in [0, 0.05) is 18.0 Å². The normalized spacial score (nSPS) is 13.1. The number of carbonyl (C=O) groups is 2. The lowest BCUT2D eigenvalue weighted by atomic mass is 9.98. The fourth-order valence-electron chi connectivity index (χ4n) is 3.77. The van der Waals surface area contributed by atoms with Gasteiger partial charge in [-0.2, -0.15) is 0 Å². The summed E-state index contributed by atoms with van der Waals surface area (Å²) in [5.41, 5.74) is 5.10. The number of amides is 1. The molecule has 0 bridgehead atoms. The van der Waals surface area contributed by atoms with E-state index in [9.17, 15) is 14.7 Å². The largest absolute Gasteiger partial charge is 0.478 e. The molecule has 0 atom stereocenters. The Kier molecular flexibility index (Phi) is 6.70. The molecule has 1 aliphatic carbocycles. The third-order valence-corrected chi connectivity index (χ3v) is 5.05. The van der Waals surface area contributed by atoms with Crippen LogP contribution in [0.25, 0.3) is 11.1 Å². The van der Waals surface area contributed by atoms with Crippen LogP contribution in [0.3, 0.4) is 0 Å². The van der Waals surface area contributed by atoms with E-state index in [1.165, 1.54) is 22.3 Å². The molecular formula is C24H27NO4. The van der Waals surface area contributed by atoms with Crippen LogP contribution in [0, 0.1) is 5.92 Å². The Hall–Kier alpha value is -3.08. The van der Waals surface area contributed by atoms with E-state index < -0.39 is 12.1 Å². The van der Waals surface area contributed by atoms with Gasteiger partial charge in [-0.15, -0.1) is 0 Å². The Bertz CT molecular complexity index is 871. The highest BCUT2D eigenvalue weighted by Crippen LogP contribution is 2.44. The van der Waals surface area contributed by atoms with Crippen LogP contribution < -0.4 is 5.32 Å². The number of ether oxygens (including phenoxy) is 1. The molecule has 0 saturated carbocycles. The van der Waals surface area contributed by atoms with Gasteiger partial charge in [-0.25, -0.2) is 9.59 Å². The average molecular weight is 393 g/mol. The molecular weight excluding hydrogens is 366 g/mol. The first kappa shape index (κ1) is 20.6. The van der Waals surface area contributed by atoms with Crippen molar-refractivity contribution in [2.75, 3.05) is 13.2 Å². The first-order chi connectivity index (χ1) is 14.0. The molecule has 2 aromatic rings. The predicted molar refractivity (Wildman–Crippen MR) is 113 cm³/mol. The number of hydrogen-bond donors (Lipinski definition) is 2. The van der Waals surface area contributed by atoms with Crippen molar-refractivity contribution in [2.24, 2.45) is 5.92 Å². The fourth-order valence-corrected chi connectivity index (χ4v) is 3.77. The zero-order valence-electron chi connectivity index (χ0n) is 16.9. The minimum absolute atomic E-state index is 0.0256. The van der Waals surface area contributed by atoms with E-state index in [4.69, 9.17) is 4.74 Å². The minimum Gasteiger partial charge on any atom is -0.478 e. The highest BCUT2D eigenvalue weighted by Gasteiger charge is 2.28. The zero-order valence-corrected chi connectivity index (χ0v) is 16.9. The highest BCUT2D eigenvalue weighted by molar-refractivity contribution is 5.86. The maximum absolute atomic E-state index is 12.1. The SMILES string of the molecule is CC(C)C/C(=C\CCNC(=O)OCC1c2ccccc2-c2ccccc21)C(=O)O. The molecule has 2 N–H and O–H groups in total. The molecule has 3 rings (SSSR count). The number of alkyl carbamates (subject to hydrolysis) is 1. The minimum atomic E-state index is -0.903. The molecule has 0 spiro atoms. The summed E-state index contributed by atoms with van der Waals surface area (Å²) in [7, 11) is 0. The number of benzene rings is 2. The smallest absolute Gasteiger partial charge is 0.407 e. The fraction of sp³-hybridized carbons (Fsp3) is 0.333. The van der Waals surface area contributed by atoms with Gasteiger partial charge in [0.1, 0.15) is 6.61 Å². The van der Waals surface area contributed by atoms with Crippen LogP contribution in [0.4, 0.5) is 4.79 Å². The molecule has 5 nitrogen and oxygen atoms in total. The predicted octanol–water partition coefficient (Wildman–Crippen LogP) is 4.97. The van der Waals surface area contributed by atoms with Crippen molar-refractivity contribution in [2.45, 2.75) is 32.6 Å². The summed E-state index contributed by atoms with van der Waals surface area (Å²) in [6.07, 6.45) is 2.16. The van der Waals surface area contributed by atoms with E-state index in [0.29, 0.717) is 25.0 Å². The number of carboxylic acids is 1. The van der Waals surface area contributed by atoms with Crippen molar-refractivity contribution in [3.63, 3.8) is 0 Å². The summed E-state index contributed by atoms with van der Waals surface area (Å²) in [6.45, 7) is 4.56. The molecule has 1 aliphatic rings. The van der Waals surface area contributed by atoms with Gasteiger partial charge in [-0.05, 0) is 41.0 Å². The van der Waals surface area contributed by atoms with Crippen LogP contribution in [0.1, 0.15) is 43.7 Å². The maximum atomic E-state index is 12.1. The van der Waals surface area contributed by atoms with Crippen molar-refractivity contribution >= 4 is 12.1 Å². The van der Waals surface area contributed by atoms with E-state index in [1.807, 2.05) is 38.1 Å². The van der Waals surface area contributed by atoms with Gasteiger partial charge >= 0.3 is 12.1 Å². The summed E-state index contributed by atoms with van der Waals surface area (Å²) < 4.78 is 5.47. The van der Waals surface area contributed by atoms with Crippen LogP contribution in [-0.4, -0.2) is 30.3 Å². The first-order valence-corrected chi connectivity index (χ1v) is 9.98. The lowest BCUT2D eigenvalue weighted by Crippen LogP contribution is -2.26. The van der Waals surface area contributed by atoms with Crippen molar-refractivity contribution in [1.82, 2.24) is 5.32 Å². The lowest BCUT2D eigenvalue weighted by Gasteiger charge is -2.14. The Morgan fingerprint density at radius 1 is 1.07 bits per heavy atom. The van der Waals surface area contributed by atoms with Crippen LogP contribution >= 0.6 is 0 Å². The summed E-state index contributed by atoms with van der Waals surface area (Å²) in [5, 5.41) is 11.9. The summed E-state index contributed by atoms with van der Waals surface area (Å²) >= 11 is 0. The van der Waals surface area contributed by atoms with Gasteiger partial charge in [-0.3, -0.25) is 0 Å². The number of carbonyl (C=O) groups excluding carboxylic acids is 1. The number of carboxylic acid groups (broad SMARTS) is 1. The summed E-state index contributed by atoms with van der Waals surface area (Å²) in [6, 6.07) is 16.4. The van der Waals surface area contributed by atoms with Gasteiger partial charge < -0.3 is 15.2 Å². The maximum Gasteiger partial charge on any atom is 0.407 e. The summed E-state index contributed by atoms with van der Waals surface area (Å²) in [5.74, 6) is -0.606. The molecule has 1 amide bonds. The first-order valence-electron chi connectivity index (χ1n) is 9.98. The van der Waals surface area contributed by atoms with Crippen molar-refractivity contribution in [1.29, 1.82) is 0 Å². The number of aliphatic carboxylic acids is 1. The van der Waals surface area contributed by atoms with Gasteiger partial charge in [0.25, 0.3) is 0 Å². The topological polar surface area (TPSA) is 75.6 Å². The van der Waals surface area contributed by atoms with Gasteiger partial charge in [-0.1, -0.05) is 68.5 Å². The number of nitrogens with one attached hydrogen (secondary N) is 1. The van der Waals surface area contributed by atoms with E-state index in [2.05, 4.69) is 29.6 Å². The molecule has 0 saturated heterocycles. The number of rotatable bonds is 8. The zero-order chi connectivity index (χ0) is 20.8. The monoisotopic (exact) mass is 393 g/mol. The second-order valence-corrected chi connectivity index (χ2v) is 7.67. The quantitative estimate of drug-likeness (QED) is 0.490. The Balaban J connectivity index is 1.53. The molecule has 0 heterocycles. The summed E-state index contributed by atoms with van der Waals surface area (Å²) in [4.78, 5) is 23.3. The molecule has 0 aliphatic heterocycles. The van der Waals surface area contributed by atoms with Crippen molar-refractivity contribution in [3.8, 4) is 11.1 Å². The molecule has 0 fully saturated rings. The third kappa shape index (κ3) is 5.05. The van der Waals surface area contributed by atoms with Crippen molar-refractivity contribution < 1.29 is 19.4 Å². The second-order valence-electron chi connectivity index (χ2n) is 7.67. The standard InChI is InChI=1S/C24H27NO4/c1-16(2)14-17(23(26)27)8-7-13-25-24(28)29-15-22-20-11-5-3-9-18(20)19-10-4-6-12-21(19)22/h3-6,8-12,16,22H,7,13-15H2,1-2H3,(H,25,28)(H,26,27)/b17-8+. The van der Waals surface area contributed by atoms with Crippen molar-refractivity contribution in [3.05, 3.63) is 71.3 Å². The van der Waals surface area contributed by atoms with E-state index in [1.54, 1.807) is 6.08 Å². The molecule has 29 heavy (non-hydrogen) atoms. The second kappa shape index (κ2) is 9.41. The van der Waals surface area contributed by atoms with E-state index in [-0.39, 0.29) is 18.4 Å². The third-order valence-electron chi connectivity index (χ3n) is 5.05. The van der Waals surface area contributed by atoms with Gasteiger partial charge in [0.05, 0.1) is 0 Å². The van der Waals surface area contributed by atoms with E-state index >= 15 is 0 Å². The van der Waals surface area contributed by atoms with Crippen LogP contribution in [0.15, 0.2) is 60.2 Å². The van der Waals surface area contributed by atoms with Crippen LogP contribution in [0.2, 0.25) is 0 Å². The molecule has 0 aromatic heterocycles. The van der Waals surface area contributed by atoms with Gasteiger partial charge in [0.2, 0.25) is 0 Å². The average Bonchev–Trinajstić information content (AvgIpc) is 3.02. The van der Waals surface area contributed by atoms with Gasteiger partial charge in [0.15, 0.2) is 0 Å². The Morgan fingerprint density at radius 3 is 2.21 bits per heavy atom. The van der Waals surface area contributed by atoms with E-state index in [0.717, 1.165) is 0 Å². The van der Waals surface area contributed by atoms with Crippen LogP contribution in [-0.2, 0) is 9.53 Å². The Labute approximate surface area is 171 Å². The molecule has 0 unspecified atom stereocenters. The number of hydrogen-bond acceptors (Lipinski definition) is 3. The lowest BCUT2D eigenvalue weighted by molar-refractivity contribution is -0.132.